The van der Waals surface area contributed by atoms with Crippen LogP contribution in [0, 0.1) is 0 Å². The van der Waals surface area contributed by atoms with Gasteiger partial charge in [0.25, 0.3) is 5.91 Å². The predicted molar refractivity (Wildman–Crippen MR) is 165 cm³/mol. The minimum absolute atomic E-state index is 0.214. The third-order valence-electron chi connectivity index (χ3n) is 7.69. The minimum atomic E-state index is -4.51. The fourth-order valence-corrected chi connectivity index (χ4v) is 5.25. The number of piperazine rings is 1. The number of carbonyl (C=O) groups is 1. The second kappa shape index (κ2) is 14.2. The van der Waals surface area contributed by atoms with Gasteiger partial charge in [-0.3, -0.25) is 14.3 Å². The maximum atomic E-state index is 13.6. The second-order valence-corrected chi connectivity index (χ2v) is 11.1. The largest absolute Gasteiger partial charge is 0.416 e. The average molecular weight is 623 g/mol. The molecule has 1 amide bonds. The summed E-state index contributed by atoms with van der Waals surface area (Å²) in [6.45, 7) is 8.35. The predicted octanol–water partition coefficient (Wildman–Crippen LogP) is 4.45. The summed E-state index contributed by atoms with van der Waals surface area (Å²) < 4.78 is 42.6. The van der Waals surface area contributed by atoms with Gasteiger partial charge >= 0.3 is 6.18 Å². The molecule has 5 rings (SSSR count). The molecule has 4 aromatic rings. The van der Waals surface area contributed by atoms with Crippen molar-refractivity contribution in [1.82, 2.24) is 29.3 Å². The quantitative estimate of drug-likeness (QED) is 0.225. The summed E-state index contributed by atoms with van der Waals surface area (Å²) in [4.78, 5) is 31.0. The van der Waals surface area contributed by atoms with Gasteiger partial charge in [0.1, 0.15) is 11.6 Å². The van der Waals surface area contributed by atoms with Gasteiger partial charge in [-0.1, -0.05) is 19.1 Å². The minimum Gasteiger partial charge on any atom is -0.392 e. The van der Waals surface area contributed by atoms with Crippen molar-refractivity contribution in [3.63, 3.8) is 0 Å². The molecule has 10 nitrogen and oxygen atoms in total. The first kappa shape index (κ1) is 32.1. The Morgan fingerprint density at radius 2 is 1.80 bits per heavy atom. The number of aliphatic hydroxyl groups is 1. The number of nitrogens with zero attached hydrogens (tertiary/aromatic N) is 6. The van der Waals surface area contributed by atoms with Crippen molar-refractivity contribution in [3.05, 3.63) is 95.2 Å². The van der Waals surface area contributed by atoms with Crippen LogP contribution in [0.25, 0.3) is 5.82 Å². The number of aromatic nitrogens is 4. The van der Waals surface area contributed by atoms with Crippen molar-refractivity contribution in [2.24, 2.45) is 0 Å². The van der Waals surface area contributed by atoms with Gasteiger partial charge < -0.3 is 20.6 Å². The molecule has 2 aromatic heterocycles. The maximum absolute atomic E-state index is 13.6. The summed E-state index contributed by atoms with van der Waals surface area (Å²) in [5.74, 6) is 1.21. The number of nitrogens with one attached hydrogen (secondary N) is 2. The van der Waals surface area contributed by atoms with Crippen LogP contribution >= 0.6 is 0 Å². The number of benzene rings is 2. The molecule has 3 heterocycles. The van der Waals surface area contributed by atoms with Crippen molar-refractivity contribution in [2.45, 2.75) is 39.1 Å². The summed E-state index contributed by atoms with van der Waals surface area (Å²) in [5.41, 5.74) is 1.17. The average Bonchev–Trinajstić information content (AvgIpc) is 3.48. The lowest BCUT2D eigenvalue weighted by molar-refractivity contribution is -0.137. The number of amides is 1. The summed E-state index contributed by atoms with van der Waals surface area (Å²) in [6.07, 6.45) is 0.434. The lowest BCUT2D eigenvalue weighted by Crippen LogP contribution is -2.45. The molecule has 0 saturated carbocycles. The Morgan fingerprint density at radius 3 is 2.53 bits per heavy atom. The topological polar surface area (TPSA) is 111 Å². The number of likely N-dealkylation sites (N-methyl/N-ethyl adjacent to an activating group) is 1. The molecular formula is C32H37F3N8O2. The van der Waals surface area contributed by atoms with Crippen molar-refractivity contribution >= 4 is 17.5 Å². The first-order valence-corrected chi connectivity index (χ1v) is 14.9. The molecule has 0 bridgehead atoms. The van der Waals surface area contributed by atoms with E-state index in [0.29, 0.717) is 41.8 Å². The monoisotopic (exact) mass is 622 g/mol. The zero-order valence-electron chi connectivity index (χ0n) is 25.3. The van der Waals surface area contributed by atoms with Crippen LogP contribution in [0.5, 0.6) is 0 Å². The van der Waals surface area contributed by atoms with E-state index in [4.69, 9.17) is 0 Å². The lowest BCUT2D eigenvalue weighted by Gasteiger charge is -2.34. The van der Waals surface area contributed by atoms with Gasteiger partial charge in [0.15, 0.2) is 0 Å². The van der Waals surface area contributed by atoms with Gasteiger partial charge in [0.05, 0.1) is 11.7 Å². The molecule has 13 heteroatoms. The van der Waals surface area contributed by atoms with Crippen LogP contribution in [0.1, 0.15) is 46.7 Å². The number of hydrogen-bond donors (Lipinski definition) is 3. The maximum Gasteiger partial charge on any atom is 0.416 e. The van der Waals surface area contributed by atoms with E-state index in [1.807, 2.05) is 22.8 Å². The third-order valence-corrected chi connectivity index (χ3v) is 7.69. The Kier molecular flexibility index (Phi) is 10.1. The van der Waals surface area contributed by atoms with Gasteiger partial charge in [-0.05, 0) is 61.0 Å². The number of hydrogen-bond acceptors (Lipinski definition) is 8. The van der Waals surface area contributed by atoms with Crippen LogP contribution in [0.2, 0.25) is 0 Å². The zero-order valence-corrected chi connectivity index (χ0v) is 25.3. The Morgan fingerprint density at radius 1 is 1.02 bits per heavy atom. The van der Waals surface area contributed by atoms with E-state index in [0.717, 1.165) is 50.4 Å². The second-order valence-electron chi connectivity index (χ2n) is 11.1. The summed E-state index contributed by atoms with van der Waals surface area (Å²) in [7, 11) is 0. The molecule has 1 aliphatic rings. The number of rotatable bonds is 11. The molecule has 0 spiro atoms. The van der Waals surface area contributed by atoms with E-state index in [1.54, 1.807) is 37.6 Å². The third kappa shape index (κ3) is 8.44. The normalized spacial score (nSPS) is 15.2. The van der Waals surface area contributed by atoms with Gasteiger partial charge in [-0.2, -0.15) is 18.2 Å². The van der Waals surface area contributed by atoms with Gasteiger partial charge in [-0.15, -0.1) is 0 Å². The summed E-state index contributed by atoms with van der Waals surface area (Å²) in [5, 5.41) is 15.4. The highest BCUT2D eigenvalue weighted by Crippen LogP contribution is 2.31. The number of carbonyl (C=O) groups excluding carboxylic acids is 1. The van der Waals surface area contributed by atoms with Gasteiger partial charge in [0, 0.05) is 75.5 Å². The Bertz CT molecular complexity index is 1600. The Hall–Kier alpha value is -4.33. The van der Waals surface area contributed by atoms with Crippen LogP contribution in [-0.2, 0) is 19.1 Å². The molecule has 0 aliphatic carbocycles. The van der Waals surface area contributed by atoms with Crippen molar-refractivity contribution in [1.29, 1.82) is 0 Å². The summed E-state index contributed by atoms with van der Waals surface area (Å²) >= 11 is 0. The molecule has 1 aliphatic heterocycles. The lowest BCUT2D eigenvalue weighted by atomic mass is 10.0. The van der Waals surface area contributed by atoms with Crippen LogP contribution in [-0.4, -0.2) is 85.7 Å². The molecule has 1 saturated heterocycles. The molecule has 0 unspecified atom stereocenters. The van der Waals surface area contributed by atoms with Gasteiger partial charge in [0.2, 0.25) is 5.95 Å². The van der Waals surface area contributed by atoms with Crippen LogP contribution in [0.4, 0.5) is 24.8 Å². The number of imidazole rings is 1. The van der Waals surface area contributed by atoms with Crippen LogP contribution in [0.3, 0.4) is 0 Å². The van der Waals surface area contributed by atoms with E-state index in [9.17, 15) is 23.1 Å². The van der Waals surface area contributed by atoms with Crippen molar-refractivity contribution in [2.75, 3.05) is 49.9 Å². The molecular weight excluding hydrogens is 585 g/mol. The van der Waals surface area contributed by atoms with Gasteiger partial charge in [-0.25, -0.2) is 9.97 Å². The van der Waals surface area contributed by atoms with E-state index in [1.165, 1.54) is 6.07 Å². The Labute approximate surface area is 259 Å². The number of alkyl halides is 3. The van der Waals surface area contributed by atoms with Crippen LogP contribution in [0.15, 0.2) is 67.1 Å². The van der Waals surface area contributed by atoms with E-state index in [-0.39, 0.29) is 12.1 Å². The standard InChI is InChI=1S/C32H37F3N8O2/c1-3-41-13-15-42(16-14-41)21-24-19-25(32(33,34)35)7-8-27(24)30(45)39-26-6-4-5-23(17-26)18-29-36-11-12-43(29)28-9-10-37-31(40-28)38-20-22(2)44/h4-12,17,19,22,44H,3,13-16,18,20-21H2,1-2H3,(H,39,45)(H,37,38,40)/t22-/m0/s1. The molecule has 238 valence electrons. The first-order chi connectivity index (χ1) is 21.6. The first-order valence-electron chi connectivity index (χ1n) is 14.9. The smallest absolute Gasteiger partial charge is 0.392 e. The highest BCUT2D eigenvalue weighted by atomic mass is 19.4. The van der Waals surface area contributed by atoms with Crippen molar-refractivity contribution < 1.29 is 23.1 Å². The number of halogens is 3. The molecule has 1 fully saturated rings. The molecule has 2 aromatic carbocycles. The fraction of sp³-hybridized carbons (Fsp3) is 0.375. The van der Waals surface area contributed by atoms with E-state index >= 15 is 0 Å². The molecule has 3 N–H and O–H groups in total. The molecule has 1 atom stereocenters. The van der Waals surface area contributed by atoms with E-state index < -0.39 is 23.8 Å². The highest BCUT2D eigenvalue weighted by Gasteiger charge is 2.32. The van der Waals surface area contributed by atoms with Crippen molar-refractivity contribution in [3.8, 4) is 5.82 Å². The fourth-order valence-electron chi connectivity index (χ4n) is 5.25. The molecule has 45 heavy (non-hydrogen) atoms. The van der Waals surface area contributed by atoms with E-state index in [2.05, 4.69) is 42.3 Å². The summed E-state index contributed by atoms with van der Waals surface area (Å²) in [6, 6.07) is 12.3. The Balaban J connectivity index is 1.32. The zero-order chi connectivity index (χ0) is 32.0. The van der Waals surface area contributed by atoms with Crippen LogP contribution < -0.4 is 10.6 Å². The number of anilines is 2. The number of aliphatic hydroxyl groups excluding tert-OH is 1. The highest BCUT2D eigenvalue weighted by molar-refractivity contribution is 6.05. The SMILES string of the molecule is CCN1CCN(Cc2cc(C(F)(F)F)ccc2C(=O)Nc2cccc(Cc3nccn3-c3ccnc(NC[C@H](C)O)n3)c2)CC1. The molecule has 0 radical (unpaired) electrons.